The summed E-state index contributed by atoms with van der Waals surface area (Å²) < 4.78 is 0. The van der Waals surface area contributed by atoms with Gasteiger partial charge in [-0.1, -0.05) is 18.6 Å². The van der Waals surface area contributed by atoms with Gasteiger partial charge in [-0.3, -0.25) is 14.4 Å². The van der Waals surface area contributed by atoms with E-state index in [0.717, 1.165) is 0 Å². The van der Waals surface area contributed by atoms with Gasteiger partial charge in [0.15, 0.2) is 0 Å². The summed E-state index contributed by atoms with van der Waals surface area (Å²) in [5, 5.41) is 44.4. The van der Waals surface area contributed by atoms with Crippen LogP contribution >= 0.6 is 0 Å². The number of phenolic OH excluding ortho intramolecular Hbond substituents is 1. The van der Waals surface area contributed by atoms with E-state index in [1.54, 1.807) is 0 Å². The second kappa shape index (κ2) is 14.8. The van der Waals surface area contributed by atoms with Gasteiger partial charge in [0.25, 0.3) is 0 Å². The quantitative estimate of drug-likeness (QED) is 0.114. The Morgan fingerprint density at radius 3 is 1.79 bits per heavy atom. The first-order chi connectivity index (χ1) is 16.1. The molecule has 0 aliphatic carbocycles. The zero-order chi connectivity index (χ0) is 25.7. The minimum Gasteiger partial charge on any atom is -0.508 e. The lowest BCUT2D eigenvalue weighted by molar-refractivity contribution is -0.142. The first kappa shape index (κ1) is 28.8. The molecule has 0 aliphatic heterocycles. The third-order valence-electron chi connectivity index (χ3n) is 4.93. The van der Waals surface area contributed by atoms with Gasteiger partial charge in [0.2, 0.25) is 17.7 Å². The molecule has 0 unspecified atom stereocenters. The molecule has 1 aromatic rings. The first-order valence-electron chi connectivity index (χ1n) is 10.7. The van der Waals surface area contributed by atoms with E-state index in [9.17, 15) is 39.6 Å². The molecule has 0 fully saturated rings. The van der Waals surface area contributed by atoms with E-state index in [-0.39, 0.29) is 12.2 Å². The van der Waals surface area contributed by atoms with Crippen LogP contribution in [0.2, 0.25) is 0 Å². The van der Waals surface area contributed by atoms with Crippen molar-refractivity contribution in [3.8, 4) is 5.75 Å². The summed E-state index contributed by atoms with van der Waals surface area (Å²) in [6.07, 6.45) is 1.47. The number of aliphatic hydroxyl groups is 2. The number of hydrogen-bond acceptors (Lipinski definition) is 9. The zero-order valence-corrected chi connectivity index (χ0v) is 18.6. The van der Waals surface area contributed by atoms with Gasteiger partial charge < -0.3 is 47.8 Å². The molecule has 0 aromatic heterocycles. The number of carbonyl (C=O) groups excluding carboxylic acids is 3. The molecule has 0 heterocycles. The second-order valence-corrected chi connectivity index (χ2v) is 7.65. The Morgan fingerprint density at radius 1 is 0.824 bits per heavy atom. The molecule has 0 saturated heterocycles. The number of phenols is 1. The number of benzene rings is 1. The average molecular weight is 484 g/mol. The van der Waals surface area contributed by atoms with Crippen LogP contribution in [0, 0.1) is 0 Å². The minimum atomic E-state index is -1.54. The molecular weight excluding hydrogens is 450 g/mol. The van der Waals surface area contributed by atoms with Gasteiger partial charge in [-0.15, -0.1) is 0 Å². The maximum atomic E-state index is 12.5. The Hall–Kier alpha value is -3.26. The molecule has 4 atom stereocenters. The molecule has 190 valence electrons. The van der Waals surface area contributed by atoms with Crippen molar-refractivity contribution in [2.24, 2.45) is 11.5 Å². The van der Waals surface area contributed by atoms with Crippen LogP contribution in [0.1, 0.15) is 24.8 Å². The fourth-order valence-electron chi connectivity index (χ4n) is 2.92. The monoisotopic (exact) mass is 483 g/mol. The number of amides is 3. The van der Waals surface area contributed by atoms with Crippen LogP contribution in [0.15, 0.2) is 24.3 Å². The number of rotatable bonds is 15. The lowest BCUT2D eigenvalue weighted by Crippen LogP contribution is -2.59. The number of carboxylic acid groups (broad SMARTS) is 1. The summed E-state index contributed by atoms with van der Waals surface area (Å²) in [6.45, 7) is -1.22. The second-order valence-electron chi connectivity index (χ2n) is 7.65. The van der Waals surface area contributed by atoms with Crippen LogP contribution in [-0.4, -0.2) is 88.0 Å². The van der Waals surface area contributed by atoms with Crippen molar-refractivity contribution in [2.45, 2.75) is 49.9 Å². The molecule has 0 saturated carbocycles. The summed E-state index contributed by atoms with van der Waals surface area (Å²) >= 11 is 0. The van der Waals surface area contributed by atoms with Crippen molar-refractivity contribution >= 4 is 23.7 Å². The van der Waals surface area contributed by atoms with E-state index >= 15 is 0 Å². The van der Waals surface area contributed by atoms with Gasteiger partial charge in [-0.05, 0) is 37.1 Å². The summed E-state index contributed by atoms with van der Waals surface area (Å²) in [7, 11) is 0. The van der Waals surface area contributed by atoms with E-state index in [2.05, 4.69) is 16.0 Å². The molecule has 13 heteroatoms. The number of hydrogen-bond donors (Lipinski definition) is 9. The molecule has 1 aromatic carbocycles. The van der Waals surface area contributed by atoms with E-state index < -0.39 is 61.1 Å². The molecule has 0 bridgehead atoms. The summed E-state index contributed by atoms with van der Waals surface area (Å²) in [4.78, 5) is 48.6. The van der Waals surface area contributed by atoms with Crippen LogP contribution in [0.25, 0.3) is 0 Å². The number of unbranched alkanes of at least 4 members (excludes halogenated alkanes) is 1. The lowest BCUT2D eigenvalue weighted by atomic mass is 10.1. The number of aromatic hydroxyl groups is 1. The van der Waals surface area contributed by atoms with Crippen molar-refractivity contribution in [3.05, 3.63) is 29.8 Å². The highest BCUT2D eigenvalue weighted by molar-refractivity contribution is 5.94. The van der Waals surface area contributed by atoms with Crippen molar-refractivity contribution in [1.82, 2.24) is 16.0 Å². The standard InChI is InChI=1S/C21H33N5O8/c22-8-2-1-3-14(23)18(30)25-16(10-27)20(32)26-17(11-28)19(31)24-15(21(33)34)9-12-4-6-13(29)7-5-12/h4-7,14-17,27-29H,1-3,8-11,22-23H2,(H,24,31)(H,25,30)(H,26,32)(H,33,34)/t14-,15-,16-,17-/m0/s1. The summed E-state index contributed by atoms with van der Waals surface area (Å²) in [5.41, 5.74) is 11.7. The largest absolute Gasteiger partial charge is 0.508 e. The van der Waals surface area contributed by atoms with Crippen LogP contribution < -0.4 is 27.4 Å². The SMILES string of the molecule is NCCCC[C@H](N)C(=O)N[C@@H](CO)C(=O)N[C@@H](CO)C(=O)N[C@@H](Cc1ccc(O)cc1)C(=O)O. The average Bonchev–Trinajstić information content (AvgIpc) is 2.81. The van der Waals surface area contributed by atoms with Crippen molar-refractivity contribution in [3.63, 3.8) is 0 Å². The fraction of sp³-hybridized carbons (Fsp3) is 0.524. The molecule has 11 N–H and O–H groups in total. The number of aliphatic hydroxyl groups excluding tert-OH is 2. The number of carboxylic acids is 1. The molecule has 0 radical (unpaired) electrons. The van der Waals surface area contributed by atoms with Gasteiger partial charge in [-0.25, -0.2) is 4.79 Å². The summed E-state index contributed by atoms with van der Waals surface area (Å²) in [5.74, 6) is -4.00. The third kappa shape index (κ3) is 9.70. The molecule has 3 amide bonds. The minimum absolute atomic E-state index is 0.00948. The maximum Gasteiger partial charge on any atom is 0.326 e. The smallest absolute Gasteiger partial charge is 0.326 e. The Labute approximate surface area is 196 Å². The van der Waals surface area contributed by atoms with Gasteiger partial charge in [0, 0.05) is 6.42 Å². The Bertz CT molecular complexity index is 820. The number of carbonyl (C=O) groups is 4. The zero-order valence-electron chi connectivity index (χ0n) is 18.6. The molecule has 1 rings (SSSR count). The third-order valence-corrected chi connectivity index (χ3v) is 4.93. The Kier molecular flexibility index (Phi) is 12.5. The van der Waals surface area contributed by atoms with Crippen LogP contribution in [0.4, 0.5) is 0 Å². The van der Waals surface area contributed by atoms with Crippen LogP contribution in [0.3, 0.4) is 0 Å². The van der Waals surface area contributed by atoms with Crippen LogP contribution in [0.5, 0.6) is 5.75 Å². The lowest BCUT2D eigenvalue weighted by Gasteiger charge is -2.23. The molecule has 13 nitrogen and oxygen atoms in total. The van der Waals surface area contributed by atoms with Crippen molar-refractivity contribution < 1.29 is 39.6 Å². The Balaban J connectivity index is 2.73. The number of nitrogens with two attached hydrogens (primary N) is 2. The fourth-order valence-corrected chi connectivity index (χ4v) is 2.92. The van der Waals surface area contributed by atoms with Crippen LogP contribution in [-0.2, 0) is 25.6 Å². The molecule has 0 spiro atoms. The highest BCUT2D eigenvalue weighted by atomic mass is 16.4. The van der Waals surface area contributed by atoms with Crippen molar-refractivity contribution in [2.75, 3.05) is 19.8 Å². The van der Waals surface area contributed by atoms with Gasteiger partial charge >= 0.3 is 5.97 Å². The highest BCUT2D eigenvalue weighted by Crippen LogP contribution is 2.11. The van der Waals surface area contributed by atoms with E-state index in [1.165, 1.54) is 24.3 Å². The molecule has 34 heavy (non-hydrogen) atoms. The van der Waals surface area contributed by atoms with E-state index in [0.29, 0.717) is 31.4 Å². The van der Waals surface area contributed by atoms with Gasteiger partial charge in [-0.2, -0.15) is 0 Å². The summed E-state index contributed by atoms with van der Waals surface area (Å²) in [6, 6.07) is 0.390. The first-order valence-corrected chi connectivity index (χ1v) is 10.7. The Morgan fingerprint density at radius 2 is 1.32 bits per heavy atom. The van der Waals surface area contributed by atoms with Crippen molar-refractivity contribution in [1.29, 1.82) is 0 Å². The van der Waals surface area contributed by atoms with E-state index in [4.69, 9.17) is 11.5 Å². The predicted molar refractivity (Wildman–Crippen MR) is 120 cm³/mol. The predicted octanol–water partition coefficient (Wildman–Crippen LogP) is -3.09. The number of aliphatic carboxylic acids is 1. The normalized spacial score (nSPS) is 14.4. The van der Waals surface area contributed by atoms with Gasteiger partial charge in [0.1, 0.15) is 23.9 Å². The molecule has 0 aliphatic rings. The number of nitrogens with one attached hydrogen (secondary N) is 3. The van der Waals surface area contributed by atoms with E-state index in [1.807, 2.05) is 0 Å². The van der Waals surface area contributed by atoms with Gasteiger partial charge in [0.05, 0.1) is 19.3 Å². The molecular formula is C21H33N5O8. The highest BCUT2D eigenvalue weighted by Gasteiger charge is 2.29. The topological polar surface area (TPSA) is 237 Å². The maximum absolute atomic E-state index is 12.5.